The van der Waals surface area contributed by atoms with Crippen molar-refractivity contribution in [2.45, 2.75) is 44.4 Å². The zero-order valence-corrected chi connectivity index (χ0v) is 20.3. The third-order valence-electron chi connectivity index (χ3n) is 6.44. The van der Waals surface area contributed by atoms with Gasteiger partial charge < -0.3 is 19.5 Å². The number of benzene rings is 2. The first kappa shape index (κ1) is 27.0. The van der Waals surface area contributed by atoms with Crippen LogP contribution in [0.2, 0.25) is 0 Å². The van der Waals surface area contributed by atoms with E-state index in [0.717, 1.165) is 29.2 Å². The summed E-state index contributed by atoms with van der Waals surface area (Å²) >= 11 is 0. The molecule has 0 radical (unpaired) electrons. The van der Waals surface area contributed by atoms with Crippen LogP contribution in [0.25, 0.3) is 0 Å². The van der Waals surface area contributed by atoms with Crippen LogP contribution in [0.4, 0.5) is 13.2 Å². The van der Waals surface area contributed by atoms with Gasteiger partial charge in [-0.2, -0.15) is 13.2 Å². The molecule has 1 aliphatic heterocycles. The summed E-state index contributed by atoms with van der Waals surface area (Å²) < 4.78 is 49.5. The van der Waals surface area contributed by atoms with E-state index < -0.39 is 47.1 Å². The molecule has 1 heterocycles. The van der Waals surface area contributed by atoms with Crippen molar-refractivity contribution in [1.82, 2.24) is 4.90 Å². The molecule has 10 heteroatoms. The average molecular weight is 508 g/mol. The number of carbonyl (C=O) groups is 3. The lowest BCUT2D eigenvalue weighted by atomic mass is 9.83. The molecule has 3 atom stereocenters. The Kier molecular flexibility index (Phi) is 7.66. The van der Waals surface area contributed by atoms with Crippen LogP contribution >= 0.6 is 0 Å². The molecule has 0 aliphatic carbocycles. The maximum Gasteiger partial charge on any atom is 0.416 e. The van der Waals surface area contributed by atoms with Gasteiger partial charge in [-0.15, -0.1) is 0 Å². The van der Waals surface area contributed by atoms with E-state index in [4.69, 9.17) is 9.47 Å². The monoisotopic (exact) mass is 507 g/mol. The van der Waals surface area contributed by atoms with Crippen LogP contribution in [-0.4, -0.2) is 47.6 Å². The average Bonchev–Trinajstić information content (AvgIpc) is 3.18. The van der Waals surface area contributed by atoms with Crippen LogP contribution in [0, 0.1) is 11.8 Å². The number of alkyl halides is 3. The number of methoxy groups -OCH3 is 2. The van der Waals surface area contributed by atoms with Gasteiger partial charge in [-0.05, 0) is 60.7 Å². The van der Waals surface area contributed by atoms with E-state index in [9.17, 15) is 32.7 Å². The predicted molar refractivity (Wildman–Crippen MR) is 123 cm³/mol. The van der Waals surface area contributed by atoms with Crippen LogP contribution < -0.4 is 4.74 Å². The van der Waals surface area contributed by atoms with Crippen molar-refractivity contribution in [3.8, 4) is 5.75 Å². The number of rotatable bonds is 7. The number of carboxylic acids is 1. The SMILES string of the molecule is COC(=O)C1CC(CC(C)C)(C(=O)O)N(C(=O)c2ccc(C(F)(F)F)cc2)C1c1cccc(OC)c1. The molecule has 0 spiro atoms. The Morgan fingerprint density at radius 3 is 2.25 bits per heavy atom. The molecule has 0 saturated carbocycles. The highest BCUT2D eigenvalue weighted by molar-refractivity contribution is 5.99. The van der Waals surface area contributed by atoms with Crippen molar-refractivity contribution in [3.63, 3.8) is 0 Å². The lowest BCUT2D eigenvalue weighted by Gasteiger charge is -2.39. The Balaban J connectivity index is 2.25. The molecule has 3 rings (SSSR count). The molecule has 3 unspecified atom stereocenters. The van der Waals surface area contributed by atoms with E-state index in [1.807, 2.05) is 0 Å². The largest absolute Gasteiger partial charge is 0.497 e. The highest BCUT2D eigenvalue weighted by Crippen LogP contribution is 2.51. The molecule has 194 valence electrons. The van der Waals surface area contributed by atoms with Crippen molar-refractivity contribution in [2.75, 3.05) is 14.2 Å². The topological polar surface area (TPSA) is 93.1 Å². The molecule has 1 N–H and O–H groups in total. The molecule has 1 amide bonds. The number of halogens is 3. The fourth-order valence-corrected chi connectivity index (χ4v) is 4.99. The normalized spacial score (nSPS) is 21.9. The molecule has 0 aromatic heterocycles. The molecule has 2 aromatic rings. The summed E-state index contributed by atoms with van der Waals surface area (Å²) in [4.78, 5) is 40.8. The van der Waals surface area contributed by atoms with Crippen molar-refractivity contribution in [3.05, 3.63) is 65.2 Å². The third kappa shape index (κ3) is 5.03. The lowest BCUT2D eigenvalue weighted by molar-refractivity contribution is -0.150. The van der Waals surface area contributed by atoms with Gasteiger partial charge in [0, 0.05) is 5.56 Å². The summed E-state index contributed by atoms with van der Waals surface area (Å²) in [5.41, 5.74) is -2.43. The minimum absolute atomic E-state index is 0.0165. The number of hydrogen-bond acceptors (Lipinski definition) is 5. The minimum Gasteiger partial charge on any atom is -0.497 e. The van der Waals surface area contributed by atoms with Crippen LogP contribution in [0.5, 0.6) is 5.75 Å². The fourth-order valence-electron chi connectivity index (χ4n) is 4.99. The molecule has 36 heavy (non-hydrogen) atoms. The highest BCUT2D eigenvalue weighted by atomic mass is 19.4. The molecule has 1 saturated heterocycles. The van der Waals surface area contributed by atoms with E-state index in [1.54, 1.807) is 38.1 Å². The number of carboxylic acid groups (broad SMARTS) is 1. The Morgan fingerprint density at radius 1 is 1.11 bits per heavy atom. The van der Waals surface area contributed by atoms with Crippen LogP contribution in [0.15, 0.2) is 48.5 Å². The number of carbonyl (C=O) groups excluding carboxylic acids is 2. The number of hydrogen-bond donors (Lipinski definition) is 1. The second-order valence-electron chi connectivity index (χ2n) is 9.24. The van der Waals surface area contributed by atoms with E-state index in [2.05, 4.69) is 0 Å². The Hall–Kier alpha value is -3.56. The first-order valence-corrected chi connectivity index (χ1v) is 11.3. The zero-order valence-electron chi connectivity index (χ0n) is 20.3. The van der Waals surface area contributed by atoms with Crippen molar-refractivity contribution in [1.29, 1.82) is 0 Å². The number of nitrogens with zero attached hydrogens (tertiary/aromatic N) is 1. The Morgan fingerprint density at radius 2 is 1.75 bits per heavy atom. The standard InChI is InChI=1S/C26H28F3NO6/c1-15(2)13-25(24(33)34)14-20(23(32)36-4)21(17-6-5-7-19(12-17)35-3)30(25)22(31)16-8-10-18(11-9-16)26(27,28)29/h5-12,15,20-21H,13-14H2,1-4H3,(H,33,34). The van der Waals surface area contributed by atoms with Crippen LogP contribution in [0.3, 0.4) is 0 Å². The molecule has 7 nitrogen and oxygen atoms in total. The Labute approximate surface area is 206 Å². The van der Waals surface area contributed by atoms with E-state index in [-0.39, 0.29) is 24.3 Å². The number of aliphatic carboxylic acids is 1. The Bertz CT molecular complexity index is 1130. The van der Waals surface area contributed by atoms with E-state index >= 15 is 0 Å². The van der Waals surface area contributed by atoms with Crippen molar-refractivity contribution in [2.24, 2.45) is 11.8 Å². The molecule has 1 fully saturated rings. The molecule has 2 aromatic carbocycles. The smallest absolute Gasteiger partial charge is 0.416 e. The molecule has 1 aliphatic rings. The maximum absolute atomic E-state index is 13.9. The van der Waals surface area contributed by atoms with Crippen molar-refractivity contribution < 1.29 is 42.1 Å². The molecular weight excluding hydrogens is 479 g/mol. The summed E-state index contributed by atoms with van der Waals surface area (Å²) in [7, 11) is 2.62. The first-order chi connectivity index (χ1) is 16.9. The van der Waals surface area contributed by atoms with Gasteiger partial charge in [0.1, 0.15) is 11.3 Å². The van der Waals surface area contributed by atoms with Gasteiger partial charge in [0.15, 0.2) is 0 Å². The van der Waals surface area contributed by atoms with E-state index in [0.29, 0.717) is 11.3 Å². The van der Waals surface area contributed by atoms with Gasteiger partial charge in [-0.25, -0.2) is 4.79 Å². The summed E-state index contributed by atoms with van der Waals surface area (Å²) in [6, 6.07) is 9.06. The number of amides is 1. The summed E-state index contributed by atoms with van der Waals surface area (Å²) in [5.74, 6) is -3.60. The quantitative estimate of drug-likeness (QED) is 0.533. The molecular formula is C26H28F3NO6. The van der Waals surface area contributed by atoms with Gasteiger partial charge in [0.2, 0.25) is 0 Å². The number of ether oxygens (including phenoxy) is 2. The highest BCUT2D eigenvalue weighted by Gasteiger charge is 2.61. The minimum atomic E-state index is -4.60. The fraction of sp³-hybridized carbons (Fsp3) is 0.423. The zero-order chi connectivity index (χ0) is 26.8. The van der Waals surface area contributed by atoms with Gasteiger partial charge in [0.05, 0.1) is 31.7 Å². The second kappa shape index (κ2) is 10.2. The van der Waals surface area contributed by atoms with Gasteiger partial charge >= 0.3 is 18.1 Å². The summed E-state index contributed by atoms with van der Waals surface area (Å²) in [6.45, 7) is 3.58. The third-order valence-corrected chi connectivity index (χ3v) is 6.44. The van der Waals surface area contributed by atoms with Crippen molar-refractivity contribution >= 4 is 17.8 Å². The van der Waals surface area contributed by atoms with Gasteiger partial charge in [0.25, 0.3) is 5.91 Å². The second-order valence-corrected chi connectivity index (χ2v) is 9.24. The maximum atomic E-state index is 13.9. The van der Waals surface area contributed by atoms with Crippen LogP contribution in [-0.2, 0) is 20.5 Å². The lowest BCUT2D eigenvalue weighted by Crippen LogP contribution is -2.54. The van der Waals surface area contributed by atoms with Gasteiger partial charge in [-0.3, -0.25) is 9.59 Å². The van der Waals surface area contributed by atoms with Crippen LogP contribution in [0.1, 0.15) is 54.2 Å². The first-order valence-electron chi connectivity index (χ1n) is 11.3. The summed E-state index contributed by atoms with van der Waals surface area (Å²) in [5, 5.41) is 10.4. The van der Waals surface area contributed by atoms with Gasteiger partial charge in [-0.1, -0.05) is 26.0 Å². The number of likely N-dealkylation sites (tertiary alicyclic amines) is 1. The molecule has 0 bridgehead atoms. The summed E-state index contributed by atoms with van der Waals surface area (Å²) in [6.07, 6.45) is -4.80. The number of esters is 1. The predicted octanol–water partition coefficient (Wildman–Crippen LogP) is 4.96. The van der Waals surface area contributed by atoms with E-state index in [1.165, 1.54) is 14.2 Å².